The van der Waals surface area contributed by atoms with Crippen LogP contribution in [0.15, 0.2) is 59.0 Å². The molecule has 23 heavy (non-hydrogen) atoms. The zero-order valence-electron chi connectivity index (χ0n) is 13.3. The average Bonchev–Trinajstić information content (AvgIpc) is 3.05. The predicted octanol–water partition coefficient (Wildman–Crippen LogP) is 5.13. The highest BCUT2D eigenvalue weighted by molar-refractivity contribution is 7.14. The highest BCUT2D eigenvalue weighted by atomic mass is 32.1. The van der Waals surface area contributed by atoms with Crippen LogP contribution in [0.1, 0.15) is 23.6 Å². The molecule has 2 aromatic carbocycles. The van der Waals surface area contributed by atoms with Crippen molar-refractivity contribution in [3.63, 3.8) is 0 Å². The molecule has 0 spiro atoms. The maximum Gasteiger partial charge on any atom is 0.203 e. The third kappa shape index (κ3) is 4.05. The summed E-state index contributed by atoms with van der Waals surface area (Å²) in [6.45, 7) is 4.23. The smallest absolute Gasteiger partial charge is 0.203 e. The number of hydrogen-bond acceptors (Lipinski definition) is 4. The summed E-state index contributed by atoms with van der Waals surface area (Å²) in [6, 6.07) is 16.8. The van der Waals surface area contributed by atoms with Crippen LogP contribution >= 0.6 is 11.3 Å². The van der Waals surface area contributed by atoms with Gasteiger partial charge in [0.1, 0.15) is 0 Å². The van der Waals surface area contributed by atoms with Crippen molar-refractivity contribution < 1.29 is 0 Å². The van der Waals surface area contributed by atoms with Crippen molar-refractivity contribution in [2.75, 3.05) is 5.43 Å². The van der Waals surface area contributed by atoms with E-state index in [1.54, 1.807) is 11.3 Å². The summed E-state index contributed by atoms with van der Waals surface area (Å²) in [5.41, 5.74) is 8.75. The zero-order valence-corrected chi connectivity index (χ0v) is 14.1. The normalized spacial score (nSPS) is 11.0. The van der Waals surface area contributed by atoms with E-state index in [1.807, 2.05) is 11.6 Å². The summed E-state index contributed by atoms with van der Waals surface area (Å²) >= 11 is 1.55. The molecule has 0 aliphatic rings. The summed E-state index contributed by atoms with van der Waals surface area (Å²) < 4.78 is 0. The second-order valence-electron chi connectivity index (χ2n) is 5.37. The molecule has 0 unspecified atom stereocenters. The largest absolute Gasteiger partial charge is 0.253 e. The monoisotopic (exact) mass is 321 g/mol. The summed E-state index contributed by atoms with van der Waals surface area (Å²) in [4.78, 5) is 4.56. The number of benzene rings is 2. The Hall–Kier alpha value is -2.46. The second kappa shape index (κ2) is 7.20. The van der Waals surface area contributed by atoms with Gasteiger partial charge in [-0.15, -0.1) is 11.3 Å². The average molecular weight is 321 g/mol. The van der Waals surface area contributed by atoms with Gasteiger partial charge >= 0.3 is 0 Å². The van der Waals surface area contributed by atoms with Crippen molar-refractivity contribution in [2.24, 2.45) is 5.10 Å². The third-order valence-electron chi connectivity index (χ3n) is 3.61. The van der Waals surface area contributed by atoms with Crippen molar-refractivity contribution >= 4 is 22.7 Å². The molecule has 4 heteroatoms. The van der Waals surface area contributed by atoms with Crippen LogP contribution in [0.5, 0.6) is 0 Å². The highest BCUT2D eigenvalue weighted by Gasteiger charge is 2.03. The minimum absolute atomic E-state index is 0.794. The summed E-state index contributed by atoms with van der Waals surface area (Å²) in [5, 5.41) is 7.10. The minimum Gasteiger partial charge on any atom is -0.253 e. The lowest BCUT2D eigenvalue weighted by atomic mass is 10.1. The fourth-order valence-electron chi connectivity index (χ4n) is 2.18. The van der Waals surface area contributed by atoms with Gasteiger partial charge in [0, 0.05) is 10.9 Å². The highest BCUT2D eigenvalue weighted by Crippen LogP contribution is 2.25. The number of rotatable bonds is 5. The van der Waals surface area contributed by atoms with Gasteiger partial charge in [-0.1, -0.05) is 61.0 Å². The molecule has 0 saturated heterocycles. The lowest BCUT2D eigenvalue weighted by Crippen LogP contribution is -1.90. The van der Waals surface area contributed by atoms with Crippen LogP contribution in [0, 0.1) is 6.92 Å². The standard InChI is InChI=1S/C19H19N3S/c1-3-15-6-8-16(9-7-15)12-20-22-19-21-18(13-23-19)17-10-4-14(2)5-11-17/h4-13H,3H2,1-2H3,(H,21,22)/b20-12+. The van der Waals surface area contributed by atoms with E-state index in [0.29, 0.717) is 0 Å². The lowest BCUT2D eigenvalue weighted by molar-refractivity contribution is 1.14. The quantitative estimate of drug-likeness (QED) is 0.522. The number of hydrogen-bond donors (Lipinski definition) is 1. The first-order valence-electron chi connectivity index (χ1n) is 7.65. The van der Waals surface area contributed by atoms with Crippen LogP contribution in [0.4, 0.5) is 5.13 Å². The Kier molecular flexibility index (Phi) is 4.83. The minimum atomic E-state index is 0.794. The molecule has 0 radical (unpaired) electrons. The van der Waals surface area contributed by atoms with Crippen LogP contribution in [0.2, 0.25) is 0 Å². The molecule has 0 atom stereocenters. The Bertz CT molecular complexity index is 786. The van der Waals surface area contributed by atoms with Gasteiger partial charge in [0.15, 0.2) is 0 Å². The SMILES string of the molecule is CCc1ccc(/C=N/Nc2nc(-c3ccc(C)cc3)cs2)cc1. The van der Waals surface area contributed by atoms with Crippen molar-refractivity contribution in [3.8, 4) is 11.3 Å². The molecule has 0 aliphatic carbocycles. The summed E-state index contributed by atoms with van der Waals surface area (Å²) in [7, 11) is 0. The first kappa shape index (κ1) is 15.4. The van der Waals surface area contributed by atoms with Crippen LogP contribution in [-0.2, 0) is 6.42 Å². The van der Waals surface area contributed by atoms with E-state index in [4.69, 9.17) is 0 Å². The van der Waals surface area contributed by atoms with Crippen LogP contribution < -0.4 is 5.43 Å². The molecule has 1 heterocycles. The molecular weight excluding hydrogens is 302 g/mol. The van der Waals surface area contributed by atoms with Gasteiger partial charge in [0.2, 0.25) is 5.13 Å². The van der Waals surface area contributed by atoms with Gasteiger partial charge < -0.3 is 0 Å². The molecular formula is C19H19N3S. The summed E-state index contributed by atoms with van der Waals surface area (Å²) in [5.74, 6) is 0. The molecule has 3 aromatic rings. The molecule has 3 nitrogen and oxygen atoms in total. The van der Waals surface area contributed by atoms with E-state index in [9.17, 15) is 0 Å². The van der Waals surface area contributed by atoms with E-state index in [1.165, 1.54) is 11.1 Å². The molecule has 1 aromatic heterocycles. The molecule has 0 saturated carbocycles. The number of thiazole rings is 1. The Morgan fingerprint density at radius 2 is 1.83 bits per heavy atom. The number of hydrazone groups is 1. The molecule has 0 aliphatic heterocycles. The van der Waals surface area contributed by atoms with Crippen molar-refractivity contribution in [3.05, 3.63) is 70.6 Å². The lowest BCUT2D eigenvalue weighted by Gasteiger charge is -1.98. The maximum atomic E-state index is 4.56. The number of nitrogens with one attached hydrogen (secondary N) is 1. The topological polar surface area (TPSA) is 37.3 Å². The van der Waals surface area contributed by atoms with Gasteiger partial charge in [-0.05, 0) is 24.5 Å². The van der Waals surface area contributed by atoms with Crippen molar-refractivity contribution in [2.45, 2.75) is 20.3 Å². The number of nitrogens with zero attached hydrogens (tertiary/aromatic N) is 2. The van der Waals surface area contributed by atoms with Gasteiger partial charge in [-0.3, -0.25) is 5.43 Å². The molecule has 3 rings (SSSR count). The van der Waals surface area contributed by atoms with E-state index in [2.05, 4.69) is 77.9 Å². The predicted molar refractivity (Wildman–Crippen MR) is 99.3 cm³/mol. The van der Waals surface area contributed by atoms with Gasteiger partial charge in [0.05, 0.1) is 11.9 Å². The number of aryl methyl sites for hydroxylation is 2. The van der Waals surface area contributed by atoms with Gasteiger partial charge in [-0.2, -0.15) is 5.10 Å². The summed E-state index contributed by atoms with van der Waals surface area (Å²) in [6.07, 6.45) is 2.86. The van der Waals surface area contributed by atoms with Crippen molar-refractivity contribution in [1.82, 2.24) is 4.98 Å². The fraction of sp³-hybridized carbons (Fsp3) is 0.158. The Labute approximate surface area is 140 Å². The number of anilines is 1. The van der Waals surface area contributed by atoms with Gasteiger partial charge in [0.25, 0.3) is 0 Å². The molecule has 116 valence electrons. The Morgan fingerprint density at radius 1 is 1.09 bits per heavy atom. The van der Waals surface area contributed by atoms with Crippen LogP contribution in [-0.4, -0.2) is 11.2 Å². The van der Waals surface area contributed by atoms with E-state index in [0.717, 1.165) is 28.4 Å². The molecule has 0 bridgehead atoms. The Morgan fingerprint density at radius 3 is 2.52 bits per heavy atom. The Balaban J connectivity index is 1.64. The zero-order chi connectivity index (χ0) is 16.1. The van der Waals surface area contributed by atoms with E-state index < -0.39 is 0 Å². The van der Waals surface area contributed by atoms with Gasteiger partial charge in [-0.25, -0.2) is 4.98 Å². The first-order chi connectivity index (χ1) is 11.2. The first-order valence-corrected chi connectivity index (χ1v) is 8.53. The number of aromatic nitrogens is 1. The molecule has 1 N–H and O–H groups in total. The van der Waals surface area contributed by atoms with Crippen LogP contribution in [0.3, 0.4) is 0 Å². The second-order valence-corrected chi connectivity index (χ2v) is 6.23. The molecule has 0 fully saturated rings. The third-order valence-corrected chi connectivity index (χ3v) is 4.36. The fourth-order valence-corrected chi connectivity index (χ4v) is 2.85. The van der Waals surface area contributed by atoms with Crippen LogP contribution in [0.25, 0.3) is 11.3 Å². The van der Waals surface area contributed by atoms with Crippen molar-refractivity contribution in [1.29, 1.82) is 0 Å². The maximum absolute atomic E-state index is 4.56. The van der Waals surface area contributed by atoms with E-state index in [-0.39, 0.29) is 0 Å². The molecule has 0 amide bonds. The van der Waals surface area contributed by atoms with E-state index >= 15 is 0 Å².